The van der Waals surface area contributed by atoms with Crippen molar-refractivity contribution in [3.8, 4) is 0 Å². The van der Waals surface area contributed by atoms with E-state index in [4.69, 9.17) is 4.52 Å². The quantitative estimate of drug-likeness (QED) is 0.874. The van der Waals surface area contributed by atoms with Crippen LogP contribution in [-0.2, 0) is 10.2 Å². The van der Waals surface area contributed by atoms with E-state index in [0.29, 0.717) is 44.4 Å². The van der Waals surface area contributed by atoms with Gasteiger partial charge in [0.05, 0.1) is 5.41 Å². The molecule has 1 aliphatic carbocycles. The molecule has 3 heterocycles. The molecule has 2 saturated heterocycles. The molecule has 2 atom stereocenters. The number of aryl methyl sites for hydroxylation is 1. The van der Waals surface area contributed by atoms with E-state index in [9.17, 15) is 9.59 Å². The molecular weight excluding hydrogens is 322 g/mol. The van der Waals surface area contributed by atoms with Crippen LogP contribution in [0.2, 0.25) is 0 Å². The fourth-order valence-corrected chi connectivity index (χ4v) is 4.12. The largest absolute Gasteiger partial charge is 0.341 e. The lowest BCUT2D eigenvalue weighted by Crippen LogP contribution is -2.44. The zero-order valence-corrected chi connectivity index (χ0v) is 14.8. The molecule has 25 heavy (non-hydrogen) atoms. The second kappa shape index (κ2) is 6.00. The highest BCUT2D eigenvalue weighted by atomic mass is 16.5. The summed E-state index contributed by atoms with van der Waals surface area (Å²) in [5, 5.41) is 6.88. The van der Waals surface area contributed by atoms with Crippen molar-refractivity contribution in [1.29, 1.82) is 0 Å². The van der Waals surface area contributed by atoms with Gasteiger partial charge in [0, 0.05) is 44.6 Å². The van der Waals surface area contributed by atoms with Gasteiger partial charge in [-0.15, -0.1) is 0 Å². The maximum absolute atomic E-state index is 12.5. The third kappa shape index (κ3) is 2.77. The summed E-state index contributed by atoms with van der Waals surface area (Å²) in [4.78, 5) is 33.2. The fraction of sp³-hybridized carbons (Fsp3) is 0.765. The molecule has 2 aliphatic heterocycles. The van der Waals surface area contributed by atoms with Crippen LogP contribution in [0.3, 0.4) is 0 Å². The highest BCUT2D eigenvalue weighted by molar-refractivity contribution is 5.82. The number of hydrogen-bond donors (Lipinski definition) is 1. The van der Waals surface area contributed by atoms with Gasteiger partial charge < -0.3 is 19.6 Å². The van der Waals surface area contributed by atoms with Crippen LogP contribution < -0.4 is 5.32 Å². The summed E-state index contributed by atoms with van der Waals surface area (Å²) < 4.78 is 5.51. The lowest BCUT2D eigenvalue weighted by atomic mass is 9.81. The molecule has 136 valence electrons. The van der Waals surface area contributed by atoms with E-state index in [1.54, 1.807) is 6.92 Å². The third-order valence-corrected chi connectivity index (χ3v) is 5.61. The molecule has 1 aromatic heterocycles. The first-order valence-electron chi connectivity index (χ1n) is 9.16. The Balaban J connectivity index is 1.57. The molecule has 0 spiro atoms. The van der Waals surface area contributed by atoms with Gasteiger partial charge in [-0.3, -0.25) is 4.79 Å². The molecule has 0 aromatic carbocycles. The maximum Gasteiger partial charge on any atom is 0.317 e. The number of carbonyl (C=O) groups is 2. The van der Waals surface area contributed by atoms with Crippen molar-refractivity contribution in [2.45, 2.75) is 38.5 Å². The lowest BCUT2D eigenvalue weighted by Gasteiger charge is -2.26. The number of nitrogens with zero attached hydrogens (tertiary/aromatic N) is 4. The minimum Gasteiger partial charge on any atom is -0.341 e. The van der Waals surface area contributed by atoms with Gasteiger partial charge in [-0.05, 0) is 26.2 Å². The zero-order chi connectivity index (χ0) is 17.6. The highest BCUT2D eigenvalue weighted by Gasteiger charge is 2.59. The normalized spacial score (nSPS) is 28.3. The van der Waals surface area contributed by atoms with E-state index < -0.39 is 5.41 Å². The molecule has 0 radical (unpaired) electrons. The van der Waals surface area contributed by atoms with Crippen LogP contribution >= 0.6 is 0 Å². The lowest BCUT2D eigenvalue weighted by molar-refractivity contribution is -0.131. The van der Waals surface area contributed by atoms with E-state index in [-0.39, 0.29) is 23.8 Å². The second-order valence-electron chi connectivity index (χ2n) is 7.61. The smallest absolute Gasteiger partial charge is 0.317 e. The molecule has 3 aliphatic rings. The summed E-state index contributed by atoms with van der Waals surface area (Å²) in [5.41, 5.74) is -0.435. The number of aromatic nitrogens is 2. The van der Waals surface area contributed by atoms with Crippen LogP contribution in [0.15, 0.2) is 4.52 Å². The van der Waals surface area contributed by atoms with Crippen LogP contribution in [0, 0.1) is 18.8 Å². The van der Waals surface area contributed by atoms with Crippen molar-refractivity contribution in [3.63, 3.8) is 0 Å². The van der Waals surface area contributed by atoms with E-state index >= 15 is 0 Å². The Morgan fingerprint density at radius 2 is 2.00 bits per heavy atom. The number of likely N-dealkylation sites (tertiary alicyclic amines) is 2. The van der Waals surface area contributed by atoms with Crippen molar-refractivity contribution in [1.82, 2.24) is 25.3 Å². The summed E-state index contributed by atoms with van der Waals surface area (Å²) in [7, 11) is 0. The van der Waals surface area contributed by atoms with Crippen molar-refractivity contribution in [2.75, 3.05) is 32.7 Å². The minimum absolute atomic E-state index is 0.0491. The number of fused-ring (bicyclic) bond motifs is 1. The SMILES string of the molecule is CCCNC(=O)N1C[C@H]2CN(C(=O)C3CC3)C[C@@]2(c2nc(C)no2)C1. The molecule has 1 saturated carbocycles. The van der Waals surface area contributed by atoms with Crippen LogP contribution in [0.25, 0.3) is 0 Å². The van der Waals surface area contributed by atoms with E-state index in [2.05, 4.69) is 15.5 Å². The Bertz CT molecular complexity index is 686. The summed E-state index contributed by atoms with van der Waals surface area (Å²) in [6.07, 6.45) is 2.90. The second-order valence-corrected chi connectivity index (χ2v) is 7.61. The maximum atomic E-state index is 12.5. The van der Waals surface area contributed by atoms with Gasteiger partial charge in [0.15, 0.2) is 5.82 Å². The minimum atomic E-state index is -0.435. The average molecular weight is 347 g/mol. The van der Waals surface area contributed by atoms with Crippen LogP contribution in [-0.4, -0.2) is 64.6 Å². The highest BCUT2D eigenvalue weighted by Crippen LogP contribution is 2.45. The molecule has 8 heteroatoms. The first-order valence-corrected chi connectivity index (χ1v) is 9.16. The topological polar surface area (TPSA) is 91.6 Å². The molecular formula is C17H25N5O3. The summed E-state index contributed by atoms with van der Waals surface area (Å²) >= 11 is 0. The van der Waals surface area contributed by atoms with Gasteiger partial charge in [0.1, 0.15) is 0 Å². The molecule has 0 bridgehead atoms. The van der Waals surface area contributed by atoms with Gasteiger partial charge in [-0.25, -0.2) is 4.79 Å². The number of hydrogen-bond acceptors (Lipinski definition) is 5. The molecule has 1 N–H and O–H groups in total. The van der Waals surface area contributed by atoms with Gasteiger partial charge in [0.2, 0.25) is 11.8 Å². The number of amides is 3. The molecule has 3 amide bonds. The first kappa shape index (κ1) is 16.4. The number of rotatable bonds is 4. The van der Waals surface area contributed by atoms with Crippen LogP contribution in [0.1, 0.15) is 37.9 Å². The Labute approximate surface area is 146 Å². The average Bonchev–Trinajstić information content (AvgIpc) is 3.09. The van der Waals surface area contributed by atoms with Crippen molar-refractivity contribution in [3.05, 3.63) is 11.7 Å². The van der Waals surface area contributed by atoms with E-state index in [0.717, 1.165) is 19.3 Å². The van der Waals surface area contributed by atoms with Gasteiger partial charge in [-0.2, -0.15) is 4.98 Å². The zero-order valence-electron chi connectivity index (χ0n) is 14.8. The van der Waals surface area contributed by atoms with E-state index in [1.165, 1.54) is 0 Å². The number of nitrogens with one attached hydrogen (secondary N) is 1. The fourth-order valence-electron chi connectivity index (χ4n) is 4.12. The van der Waals surface area contributed by atoms with E-state index in [1.807, 2.05) is 16.7 Å². The molecule has 3 fully saturated rings. The van der Waals surface area contributed by atoms with Gasteiger partial charge >= 0.3 is 6.03 Å². The van der Waals surface area contributed by atoms with Crippen LogP contribution in [0.5, 0.6) is 0 Å². The van der Waals surface area contributed by atoms with Crippen molar-refractivity contribution < 1.29 is 14.1 Å². The Hall–Kier alpha value is -2.12. The standard InChI is InChI=1S/C17H25N5O3/c1-3-6-18-16(24)22-8-13-7-21(14(23)12-4-5-12)9-17(13,10-22)15-19-11(2)20-25-15/h12-13H,3-10H2,1-2H3,(H,18,24)/t13-,17-/m1/s1. The molecule has 4 rings (SSSR count). The predicted molar refractivity (Wildman–Crippen MR) is 88.8 cm³/mol. The Morgan fingerprint density at radius 3 is 2.64 bits per heavy atom. The monoisotopic (exact) mass is 347 g/mol. The number of carbonyl (C=O) groups excluding carboxylic acids is 2. The summed E-state index contributed by atoms with van der Waals surface area (Å²) in [6.45, 7) is 6.85. The molecule has 8 nitrogen and oxygen atoms in total. The number of urea groups is 1. The Kier molecular flexibility index (Phi) is 3.92. The predicted octanol–water partition coefficient (Wildman–Crippen LogP) is 0.919. The van der Waals surface area contributed by atoms with Gasteiger partial charge in [0.25, 0.3) is 0 Å². The molecule has 1 aromatic rings. The Morgan fingerprint density at radius 1 is 1.28 bits per heavy atom. The van der Waals surface area contributed by atoms with Crippen molar-refractivity contribution >= 4 is 11.9 Å². The summed E-state index contributed by atoms with van der Waals surface area (Å²) in [5.74, 6) is 1.73. The first-order chi connectivity index (χ1) is 12.0. The third-order valence-electron chi connectivity index (χ3n) is 5.61. The molecule has 0 unspecified atom stereocenters. The van der Waals surface area contributed by atoms with Gasteiger partial charge in [-0.1, -0.05) is 12.1 Å². The van der Waals surface area contributed by atoms with Crippen LogP contribution in [0.4, 0.5) is 4.79 Å². The summed E-state index contributed by atoms with van der Waals surface area (Å²) in [6, 6.07) is -0.0491. The van der Waals surface area contributed by atoms with Crippen molar-refractivity contribution in [2.24, 2.45) is 11.8 Å².